The van der Waals surface area contributed by atoms with Gasteiger partial charge in [0, 0.05) is 17.2 Å². The first-order chi connectivity index (χ1) is 10.2. The van der Waals surface area contributed by atoms with Crippen molar-refractivity contribution < 1.29 is 4.57 Å². The van der Waals surface area contributed by atoms with Gasteiger partial charge in [0.15, 0.2) is 6.20 Å². The Kier molecular flexibility index (Phi) is 3.57. The van der Waals surface area contributed by atoms with Gasteiger partial charge < -0.3 is 0 Å². The molecule has 0 atom stereocenters. The second kappa shape index (κ2) is 5.53. The fourth-order valence-electron chi connectivity index (χ4n) is 2.84. The highest BCUT2D eigenvalue weighted by molar-refractivity contribution is 5.72. The summed E-state index contributed by atoms with van der Waals surface area (Å²) in [6, 6.07) is 21.4. The predicted molar refractivity (Wildman–Crippen MR) is 88.0 cm³/mol. The van der Waals surface area contributed by atoms with Gasteiger partial charge in [-0.2, -0.15) is 0 Å². The monoisotopic (exact) mass is 274 g/mol. The van der Waals surface area contributed by atoms with Crippen LogP contribution in [0.15, 0.2) is 66.9 Å². The molecule has 0 N–H and O–H groups in total. The van der Waals surface area contributed by atoms with Gasteiger partial charge in [0.25, 0.3) is 0 Å². The Balaban J connectivity index is 2.22. The van der Waals surface area contributed by atoms with Gasteiger partial charge in [0.05, 0.1) is 0 Å². The van der Waals surface area contributed by atoms with E-state index in [2.05, 4.69) is 92.3 Å². The number of benzene rings is 2. The minimum Gasteiger partial charge on any atom is -0.201 e. The Morgan fingerprint density at radius 3 is 2.10 bits per heavy atom. The van der Waals surface area contributed by atoms with Gasteiger partial charge in [-0.15, -0.1) is 0 Å². The predicted octanol–water partition coefficient (Wildman–Crippen LogP) is 4.46. The molecule has 0 fully saturated rings. The van der Waals surface area contributed by atoms with Crippen molar-refractivity contribution in [2.24, 2.45) is 7.05 Å². The maximum absolute atomic E-state index is 2.30. The molecule has 0 spiro atoms. The first-order valence-corrected chi connectivity index (χ1v) is 7.28. The van der Waals surface area contributed by atoms with Crippen LogP contribution in [0.3, 0.4) is 0 Å². The lowest BCUT2D eigenvalue weighted by Gasteiger charge is -2.09. The first-order valence-electron chi connectivity index (χ1n) is 7.28. The third-order valence-electron chi connectivity index (χ3n) is 3.98. The molecular weight excluding hydrogens is 254 g/mol. The van der Waals surface area contributed by atoms with Crippen molar-refractivity contribution in [3.05, 3.63) is 78.0 Å². The quantitative estimate of drug-likeness (QED) is 0.607. The Labute approximate surface area is 126 Å². The number of hydrogen-bond donors (Lipinski definition) is 0. The van der Waals surface area contributed by atoms with Crippen LogP contribution in [0.1, 0.15) is 11.1 Å². The lowest BCUT2D eigenvalue weighted by Crippen LogP contribution is -2.31. The Hall–Kier alpha value is -2.41. The summed E-state index contributed by atoms with van der Waals surface area (Å²) in [6.07, 6.45) is 2.21. The summed E-state index contributed by atoms with van der Waals surface area (Å²) in [5, 5.41) is 0. The van der Waals surface area contributed by atoms with Gasteiger partial charge in [0.1, 0.15) is 7.05 Å². The largest absolute Gasteiger partial charge is 0.213 e. The van der Waals surface area contributed by atoms with E-state index in [-0.39, 0.29) is 0 Å². The number of rotatable bonds is 2. The van der Waals surface area contributed by atoms with Crippen molar-refractivity contribution in [1.82, 2.24) is 0 Å². The average Bonchev–Trinajstić information content (AvgIpc) is 2.49. The molecule has 104 valence electrons. The zero-order valence-corrected chi connectivity index (χ0v) is 12.8. The van der Waals surface area contributed by atoms with Crippen molar-refractivity contribution in [3.8, 4) is 22.4 Å². The van der Waals surface area contributed by atoms with Crippen LogP contribution in [0.4, 0.5) is 0 Å². The van der Waals surface area contributed by atoms with E-state index >= 15 is 0 Å². The van der Waals surface area contributed by atoms with Crippen molar-refractivity contribution >= 4 is 0 Å². The van der Waals surface area contributed by atoms with Crippen molar-refractivity contribution in [3.63, 3.8) is 0 Å². The fraction of sp³-hybridized carbons (Fsp3) is 0.150. The zero-order valence-electron chi connectivity index (χ0n) is 12.8. The molecule has 0 aliphatic heterocycles. The van der Waals surface area contributed by atoms with Crippen LogP contribution in [0.5, 0.6) is 0 Å². The van der Waals surface area contributed by atoms with E-state index in [1.807, 2.05) is 0 Å². The van der Waals surface area contributed by atoms with E-state index in [1.165, 1.54) is 33.5 Å². The summed E-state index contributed by atoms with van der Waals surface area (Å²) in [6.45, 7) is 4.33. The van der Waals surface area contributed by atoms with Crippen LogP contribution in [-0.2, 0) is 7.05 Å². The SMILES string of the molecule is Cc1c[n+](C)c(-c2ccccc2C)cc1-c1ccccc1. The molecule has 1 nitrogen and oxygen atoms in total. The van der Waals surface area contributed by atoms with Crippen LogP contribution in [-0.4, -0.2) is 0 Å². The normalized spacial score (nSPS) is 10.6. The molecule has 2 aromatic carbocycles. The third kappa shape index (κ3) is 2.59. The number of pyridine rings is 1. The number of nitrogens with zero attached hydrogens (tertiary/aromatic N) is 1. The lowest BCUT2D eigenvalue weighted by atomic mass is 9.97. The fourth-order valence-corrected chi connectivity index (χ4v) is 2.84. The van der Waals surface area contributed by atoms with Gasteiger partial charge in [0.2, 0.25) is 5.69 Å². The molecular formula is C20H20N+. The van der Waals surface area contributed by atoms with E-state index in [4.69, 9.17) is 0 Å². The van der Waals surface area contributed by atoms with Gasteiger partial charge in [-0.3, -0.25) is 0 Å². The van der Waals surface area contributed by atoms with Crippen LogP contribution >= 0.6 is 0 Å². The second-order valence-electron chi connectivity index (χ2n) is 5.55. The molecule has 0 unspecified atom stereocenters. The summed E-state index contributed by atoms with van der Waals surface area (Å²) in [5.41, 5.74) is 7.70. The smallest absolute Gasteiger partial charge is 0.201 e. The van der Waals surface area contributed by atoms with Gasteiger partial charge in [-0.05, 0) is 36.6 Å². The molecule has 0 aliphatic rings. The van der Waals surface area contributed by atoms with Crippen molar-refractivity contribution in [2.75, 3.05) is 0 Å². The number of aromatic nitrogens is 1. The number of aryl methyl sites for hydroxylation is 3. The third-order valence-corrected chi connectivity index (χ3v) is 3.98. The van der Waals surface area contributed by atoms with Crippen LogP contribution < -0.4 is 4.57 Å². The minimum absolute atomic E-state index is 1.25. The van der Waals surface area contributed by atoms with E-state index < -0.39 is 0 Å². The summed E-state index contributed by atoms with van der Waals surface area (Å²) in [5.74, 6) is 0. The molecule has 0 saturated heterocycles. The summed E-state index contributed by atoms with van der Waals surface area (Å²) < 4.78 is 2.21. The lowest BCUT2D eigenvalue weighted by molar-refractivity contribution is -0.660. The molecule has 3 rings (SSSR count). The Morgan fingerprint density at radius 2 is 1.38 bits per heavy atom. The molecule has 0 bridgehead atoms. The molecule has 1 heterocycles. The van der Waals surface area contributed by atoms with Crippen LogP contribution in [0, 0.1) is 13.8 Å². The zero-order chi connectivity index (χ0) is 14.8. The maximum atomic E-state index is 2.30. The molecule has 0 radical (unpaired) electrons. The highest BCUT2D eigenvalue weighted by Gasteiger charge is 2.15. The summed E-state index contributed by atoms with van der Waals surface area (Å²) in [4.78, 5) is 0. The topological polar surface area (TPSA) is 3.88 Å². The standard InChI is InChI=1S/C20H20N/c1-15-9-7-8-12-18(15)20-13-19(16(2)14-21(20)3)17-10-5-4-6-11-17/h4-14H,1-3H3/q+1. The van der Waals surface area contributed by atoms with E-state index in [0.717, 1.165) is 0 Å². The molecule has 1 aromatic heterocycles. The van der Waals surface area contributed by atoms with E-state index in [9.17, 15) is 0 Å². The highest BCUT2D eigenvalue weighted by Crippen LogP contribution is 2.27. The van der Waals surface area contributed by atoms with Gasteiger partial charge >= 0.3 is 0 Å². The molecule has 3 aromatic rings. The Morgan fingerprint density at radius 1 is 0.714 bits per heavy atom. The Bertz CT molecular complexity index is 773. The van der Waals surface area contributed by atoms with Gasteiger partial charge in [-0.25, -0.2) is 4.57 Å². The highest BCUT2D eigenvalue weighted by atomic mass is 14.9. The number of hydrogen-bond acceptors (Lipinski definition) is 0. The summed E-state index contributed by atoms with van der Waals surface area (Å²) >= 11 is 0. The molecule has 0 saturated carbocycles. The van der Waals surface area contributed by atoms with E-state index in [0.29, 0.717) is 0 Å². The maximum Gasteiger partial charge on any atom is 0.213 e. The van der Waals surface area contributed by atoms with Crippen molar-refractivity contribution in [2.45, 2.75) is 13.8 Å². The second-order valence-corrected chi connectivity index (χ2v) is 5.55. The van der Waals surface area contributed by atoms with Crippen LogP contribution in [0.2, 0.25) is 0 Å². The van der Waals surface area contributed by atoms with Crippen molar-refractivity contribution in [1.29, 1.82) is 0 Å². The summed E-state index contributed by atoms with van der Waals surface area (Å²) in [7, 11) is 2.11. The van der Waals surface area contributed by atoms with Gasteiger partial charge in [-0.1, -0.05) is 48.5 Å². The average molecular weight is 274 g/mol. The molecule has 21 heavy (non-hydrogen) atoms. The molecule has 0 amide bonds. The van der Waals surface area contributed by atoms with E-state index in [1.54, 1.807) is 0 Å². The van der Waals surface area contributed by atoms with Crippen LogP contribution in [0.25, 0.3) is 22.4 Å². The molecule has 0 aliphatic carbocycles. The minimum atomic E-state index is 1.25. The molecule has 1 heteroatoms. The first kappa shape index (κ1) is 13.6.